The predicted molar refractivity (Wildman–Crippen MR) is 91.9 cm³/mol. The fraction of sp³-hybridized carbons (Fsp3) is 0.353. The Morgan fingerprint density at radius 1 is 1.38 bits per heavy atom. The van der Waals surface area contributed by atoms with Crippen molar-refractivity contribution in [1.29, 1.82) is 0 Å². The molecule has 7 heteroatoms. The second-order valence-corrected chi connectivity index (χ2v) is 6.42. The van der Waals surface area contributed by atoms with Gasteiger partial charge in [0, 0.05) is 31.2 Å². The molecule has 1 aliphatic rings. The lowest BCUT2D eigenvalue weighted by molar-refractivity contribution is -0.141. The van der Waals surface area contributed by atoms with Crippen LogP contribution >= 0.6 is 11.6 Å². The molecule has 0 unspecified atom stereocenters. The molecule has 1 aromatic heterocycles. The molecule has 2 aromatic rings. The Bertz CT molecular complexity index is 766. The number of fused-ring (bicyclic) bond motifs is 1. The summed E-state index contributed by atoms with van der Waals surface area (Å²) in [6.07, 6.45) is 0.952. The third-order valence-electron chi connectivity index (χ3n) is 4.12. The van der Waals surface area contributed by atoms with Gasteiger partial charge in [-0.25, -0.2) is 9.97 Å². The van der Waals surface area contributed by atoms with Crippen molar-refractivity contribution < 1.29 is 9.90 Å². The first-order valence-corrected chi connectivity index (χ1v) is 8.07. The average Bonchev–Trinajstić information content (AvgIpc) is 2.59. The Morgan fingerprint density at radius 2 is 2.17 bits per heavy atom. The molecule has 0 radical (unpaired) electrons. The summed E-state index contributed by atoms with van der Waals surface area (Å²) in [4.78, 5) is 24.8. The van der Waals surface area contributed by atoms with E-state index in [4.69, 9.17) is 11.6 Å². The molecule has 3 rings (SSSR count). The summed E-state index contributed by atoms with van der Waals surface area (Å²) in [5, 5.41) is 10.9. The molecule has 1 aliphatic heterocycles. The number of halogens is 1. The first-order chi connectivity index (χ1) is 11.5. The van der Waals surface area contributed by atoms with Gasteiger partial charge < -0.3 is 14.9 Å². The molecule has 0 aliphatic carbocycles. The number of nitrogens with zero attached hydrogens (tertiary/aromatic N) is 4. The zero-order valence-electron chi connectivity index (χ0n) is 13.6. The molecule has 24 heavy (non-hydrogen) atoms. The Hall–Kier alpha value is -2.18. The highest BCUT2D eigenvalue weighted by Crippen LogP contribution is 2.26. The largest absolute Gasteiger partial charge is 0.378 e. The van der Waals surface area contributed by atoms with E-state index in [9.17, 15) is 9.90 Å². The van der Waals surface area contributed by atoms with Crippen LogP contribution in [0.25, 0.3) is 0 Å². The highest BCUT2D eigenvalue weighted by molar-refractivity contribution is 6.30. The SMILES string of the molecule is CN(C)c1ncnc2c1CCN(C(=O)[C@@H](O)c1cccc(Cl)c1)C2. The first-order valence-electron chi connectivity index (χ1n) is 7.69. The molecule has 126 valence electrons. The highest BCUT2D eigenvalue weighted by atomic mass is 35.5. The minimum Gasteiger partial charge on any atom is -0.378 e. The lowest BCUT2D eigenvalue weighted by atomic mass is 10.0. The van der Waals surface area contributed by atoms with Gasteiger partial charge in [0.15, 0.2) is 6.10 Å². The maximum Gasteiger partial charge on any atom is 0.256 e. The Balaban J connectivity index is 1.80. The summed E-state index contributed by atoms with van der Waals surface area (Å²) in [6, 6.07) is 6.72. The summed E-state index contributed by atoms with van der Waals surface area (Å²) < 4.78 is 0. The number of hydrogen-bond donors (Lipinski definition) is 1. The van der Waals surface area contributed by atoms with Crippen molar-refractivity contribution in [2.24, 2.45) is 0 Å². The molecular formula is C17H19ClN4O2. The average molecular weight is 347 g/mol. The van der Waals surface area contributed by atoms with E-state index in [0.717, 1.165) is 17.1 Å². The van der Waals surface area contributed by atoms with Gasteiger partial charge in [-0.2, -0.15) is 0 Å². The number of amides is 1. The van der Waals surface area contributed by atoms with E-state index in [-0.39, 0.29) is 5.91 Å². The van der Waals surface area contributed by atoms with E-state index in [1.807, 2.05) is 19.0 Å². The first kappa shape index (κ1) is 16.7. The summed E-state index contributed by atoms with van der Waals surface area (Å²) in [5.74, 6) is 0.537. The number of rotatable bonds is 3. The summed E-state index contributed by atoms with van der Waals surface area (Å²) in [6.45, 7) is 0.896. The van der Waals surface area contributed by atoms with Crippen LogP contribution < -0.4 is 4.90 Å². The molecule has 2 heterocycles. The zero-order chi connectivity index (χ0) is 17.3. The van der Waals surface area contributed by atoms with E-state index in [1.165, 1.54) is 6.33 Å². The highest BCUT2D eigenvalue weighted by Gasteiger charge is 2.29. The number of benzene rings is 1. The van der Waals surface area contributed by atoms with Crippen molar-refractivity contribution in [2.75, 3.05) is 25.5 Å². The van der Waals surface area contributed by atoms with Gasteiger partial charge in [0.1, 0.15) is 12.1 Å². The van der Waals surface area contributed by atoms with Gasteiger partial charge in [-0.15, -0.1) is 0 Å². The van der Waals surface area contributed by atoms with Crippen molar-refractivity contribution >= 4 is 23.3 Å². The quantitative estimate of drug-likeness (QED) is 0.918. The predicted octanol–water partition coefficient (Wildman–Crippen LogP) is 1.81. The van der Waals surface area contributed by atoms with Crippen LogP contribution in [0, 0.1) is 0 Å². The van der Waals surface area contributed by atoms with Gasteiger partial charge in [-0.05, 0) is 24.1 Å². The van der Waals surface area contributed by atoms with Crippen LogP contribution in [0.5, 0.6) is 0 Å². The van der Waals surface area contributed by atoms with Crippen LogP contribution in [0.1, 0.15) is 22.9 Å². The molecule has 0 fully saturated rings. The second kappa shape index (κ2) is 6.75. The number of carbonyl (C=O) groups excluding carboxylic acids is 1. The minimum atomic E-state index is -1.22. The van der Waals surface area contributed by atoms with Crippen molar-refractivity contribution in [3.63, 3.8) is 0 Å². The molecule has 0 saturated carbocycles. The molecule has 0 spiro atoms. The van der Waals surface area contributed by atoms with Crippen LogP contribution in [-0.4, -0.2) is 46.5 Å². The van der Waals surface area contributed by atoms with Gasteiger partial charge in [0.2, 0.25) is 0 Å². The van der Waals surface area contributed by atoms with Crippen LogP contribution in [-0.2, 0) is 17.8 Å². The molecule has 1 atom stereocenters. The van der Waals surface area contributed by atoms with Crippen molar-refractivity contribution in [2.45, 2.75) is 19.1 Å². The normalized spacial score (nSPS) is 14.9. The summed E-state index contributed by atoms with van der Waals surface area (Å²) in [7, 11) is 3.87. The maximum absolute atomic E-state index is 12.6. The lowest BCUT2D eigenvalue weighted by Crippen LogP contribution is -2.40. The van der Waals surface area contributed by atoms with Crippen molar-refractivity contribution in [1.82, 2.24) is 14.9 Å². The van der Waals surface area contributed by atoms with E-state index in [2.05, 4.69) is 9.97 Å². The third-order valence-corrected chi connectivity index (χ3v) is 4.35. The molecule has 0 saturated heterocycles. The standard InChI is InChI=1S/C17H19ClN4O2/c1-21(2)16-13-6-7-22(9-14(13)19-10-20-16)17(24)15(23)11-4-3-5-12(18)8-11/h3-5,8,10,15,23H,6-7,9H2,1-2H3/t15-/m0/s1. The molecule has 1 aromatic carbocycles. The number of hydrogen-bond acceptors (Lipinski definition) is 5. The van der Waals surface area contributed by atoms with E-state index in [1.54, 1.807) is 29.2 Å². The summed E-state index contributed by atoms with van der Waals surface area (Å²) in [5.41, 5.74) is 2.38. The monoisotopic (exact) mass is 346 g/mol. The Kier molecular flexibility index (Phi) is 4.69. The second-order valence-electron chi connectivity index (χ2n) is 5.98. The van der Waals surface area contributed by atoms with Crippen molar-refractivity contribution in [3.05, 3.63) is 52.4 Å². The zero-order valence-corrected chi connectivity index (χ0v) is 14.4. The van der Waals surface area contributed by atoms with Gasteiger partial charge in [-0.1, -0.05) is 23.7 Å². The Labute approximate surface area is 145 Å². The molecule has 1 N–H and O–H groups in total. The van der Waals surface area contributed by atoms with E-state index in [0.29, 0.717) is 30.1 Å². The number of aliphatic hydroxyl groups is 1. The number of aromatic nitrogens is 2. The van der Waals surface area contributed by atoms with Crippen LogP contribution in [0.3, 0.4) is 0 Å². The Morgan fingerprint density at radius 3 is 2.88 bits per heavy atom. The van der Waals surface area contributed by atoms with E-state index >= 15 is 0 Å². The van der Waals surface area contributed by atoms with Gasteiger partial charge in [0.25, 0.3) is 5.91 Å². The van der Waals surface area contributed by atoms with Crippen molar-refractivity contribution in [3.8, 4) is 0 Å². The number of aliphatic hydroxyl groups excluding tert-OH is 1. The lowest BCUT2D eigenvalue weighted by Gasteiger charge is -2.31. The maximum atomic E-state index is 12.6. The van der Waals surface area contributed by atoms with E-state index < -0.39 is 6.10 Å². The van der Waals surface area contributed by atoms with Crippen LogP contribution in [0.15, 0.2) is 30.6 Å². The van der Waals surface area contributed by atoms with Crippen LogP contribution in [0.4, 0.5) is 5.82 Å². The molecule has 1 amide bonds. The smallest absolute Gasteiger partial charge is 0.256 e. The van der Waals surface area contributed by atoms with Crippen LogP contribution in [0.2, 0.25) is 5.02 Å². The number of anilines is 1. The molecular weight excluding hydrogens is 328 g/mol. The third kappa shape index (κ3) is 3.20. The number of carbonyl (C=O) groups is 1. The minimum absolute atomic E-state index is 0.340. The fourth-order valence-electron chi connectivity index (χ4n) is 2.90. The summed E-state index contributed by atoms with van der Waals surface area (Å²) >= 11 is 5.94. The van der Waals surface area contributed by atoms with Gasteiger partial charge >= 0.3 is 0 Å². The van der Waals surface area contributed by atoms with Gasteiger partial charge in [0.05, 0.1) is 12.2 Å². The molecule has 6 nitrogen and oxygen atoms in total. The van der Waals surface area contributed by atoms with Gasteiger partial charge in [-0.3, -0.25) is 4.79 Å². The molecule has 0 bridgehead atoms. The fourth-order valence-corrected chi connectivity index (χ4v) is 3.10. The topological polar surface area (TPSA) is 69.6 Å².